The van der Waals surface area contributed by atoms with Gasteiger partial charge in [-0.2, -0.15) is 0 Å². The molecule has 1 nitrogen and oxygen atoms in total. The lowest BCUT2D eigenvalue weighted by atomic mass is 10.0. The Hall–Kier alpha value is -0.460. The molecule has 0 aromatic heterocycles. The second-order valence-electron chi connectivity index (χ2n) is 3.29. The van der Waals surface area contributed by atoms with Crippen molar-refractivity contribution in [2.24, 2.45) is 0 Å². The summed E-state index contributed by atoms with van der Waals surface area (Å²) in [6, 6.07) is 0. The van der Waals surface area contributed by atoms with Gasteiger partial charge in [-0.15, -0.1) is 0 Å². The first-order chi connectivity index (χ1) is 4.17. The first-order valence-corrected chi connectivity index (χ1v) is 3.56. The topological polar surface area (TPSA) is 3.24 Å². The summed E-state index contributed by atoms with van der Waals surface area (Å²) in [7, 11) is 0. The molecule has 0 bridgehead atoms. The normalized spacial score (nSPS) is 24.4. The summed E-state index contributed by atoms with van der Waals surface area (Å²) in [5, 5.41) is 0. The van der Waals surface area contributed by atoms with Crippen molar-refractivity contribution in [1.29, 1.82) is 0 Å². The molecule has 0 atom stereocenters. The van der Waals surface area contributed by atoms with Crippen molar-refractivity contribution < 1.29 is 0 Å². The molecule has 0 aromatic carbocycles. The van der Waals surface area contributed by atoms with Gasteiger partial charge in [-0.1, -0.05) is 6.58 Å². The molecule has 9 heavy (non-hydrogen) atoms. The molecule has 52 valence electrons. The number of hydrogen-bond donors (Lipinski definition) is 0. The molecule has 0 N–H and O–H groups in total. The van der Waals surface area contributed by atoms with Gasteiger partial charge >= 0.3 is 0 Å². The van der Waals surface area contributed by atoms with Crippen LogP contribution < -0.4 is 0 Å². The summed E-state index contributed by atoms with van der Waals surface area (Å²) in [4.78, 5) is 2.31. The van der Waals surface area contributed by atoms with E-state index in [0.29, 0.717) is 5.54 Å². The van der Waals surface area contributed by atoms with E-state index in [2.05, 4.69) is 25.3 Å². The van der Waals surface area contributed by atoms with E-state index >= 15 is 0 Å². The molecular formula is C8H15N. The van der Waals surface area contributed by atoms with Crippen molar-refractivity contribution in [2.45, 2.75) is 32.2 Å². The van der Waals surface area contributed by atoms with E-state index < -0.39 is 0 Å². The van der Waals surface area contributed by atoms with E-state index in [1.165, 1.54) is 19.4 Å². The second kappa shape index (κ2) is 2.05. The van der Waals surface area contributed by atoms with Crippen molar-refractivity contribution >= 4 is 0 Å². The van der Waals surface area contributed by atoms with Crippen molar-refractivity contribution in [3.63, 3.8) is 0 Å². The Morgan fingerprint density at radius 3 is 2.44 bits per heavy atom. The van der Waals surface area contributed by atoms with Crippen LogP contribution in [0.15, 0.2) is 12.8 Å². The maximum Gasteiger partial charge on any atom is 0.0341 e. The molecule has 1 aliphatic rings. The molecule has 0 unspecified atom stereocenters. The van der Waals surface area contributed by atoms with E-state index in [1.807, 2.05) is 6.20 Å². The molecular weight excluding hydrogens is 110 g/mol. The maximum atomic E-state index is 3.76. The van der Waals surface area contributed by atoms with Gasteiger partial charge in [0.2, 0.25) is 0 Å². The molecule has 1 fully saturated rings. The van der Waals surface area contributed by atoms with Gasteiger partial charge in [0.15, 0.2) is 0 Å². The van der Waals surface area contributed by atoms with Gasteiger partial charge < -0.3 is 4.90 Å². The van der Waals surface area contributed by atoms with Crippen LogP contribution in [0.25, 0.3) is 0 Å². The van der Waals surface area contributed by atoms with Gasteiger partial charge in [-0.05, 0) is 32.9 Å². The van der Waals surface area contributed by atoms with Crippen molar-refractivity contribution in [3.05, 3.63) is 12.8 Å². The van der Waals surface area contributed by atoms with Crippen molar-refractivity contribution in [1.82, 2.24) is 4.90 Å². The monoisotopic (exact) mass is 125 g/mol. The number of hydrogen-bond acceptors (Lipinski definition) is 1. The number of nitrogens with zero attached hydrogens (tertiary/aromatic N) is 1. The van der Waals surface area contributed by atoms with Gasteiger partial charge in [0.25, 0.3) is 0 Å². The minimum absolute atomic E-state index is 0.377. The number of likely N-dealkylation sites (tertiary alicyclic amines) is 1. The maximum absolute atomic E-state index is 3.76. The summed E-state index contributed by atoms with van der Waals surface area (Å²) < 4.78 is 0. The van der Waals surface area contributed by atoms with Gasteiger partial charge in [-0.3, -0.25) is 0 Å². The highest BCUT2D eigenvalue weighted by atomic mass is 15.2. The molecule has 0 spiro atoms. The van der Waals surface area contributed by atoms with Crippen LogP contribution in [0.5, 0.6) is 0 Å². The third-order valence-electron chi connectivity index (χ3n) is 2.19. The summed E-state index contributed by atoms with van der Waals surface area (Å²) in [6.07, 6.45) is 4.57. The fourth-order valence-corrected chi connectivity index (χ4v) is 1.47. The Morgan fingerprint density at radius 2 is 2.22 bits per heavy atom. The predicted molar refractivity (Wildman–Crippen MR) is 40.2 cm³/mol. The van der Waals surface area contributed by atoms with Crippen LogP contribution in [0.2, 0.25) is 0 Å². The van der Waals surface area contributed by atoms with Gasteiger partial charge in [0.05, 0.1) is 0 Å². The van der Waals surface area contributed by atoms with Crippen molar-refractivity contribution in [2.75, 3.05) is 6.54 Å². The smallest absolute Gasteiger partial charge is 0.0341 e. The Labute approximate surface area is 57.4 Å². The highest BCUT2D eigenvalue weighted by Gasteiger charge is 2.28. The molecule has 0 amide bonds. The summed E-state index contributed by atoms with van der Waals surface area (Å²) >= 11 is 0. The zero-order valence-electron chi connectivity index (χ0n) is 6.35. The zero-order valence-corrected chi connectivity index (χ0v) is 6.35. The molecule has 0 radical (unpaired) electrons. The standard InChI is InChI=1S/C8H15N/c1-4-9-7-5-6-8(9,2)3/h4H,1,5-7H2,2-3H3. The first kappa shape index (κ1) is 6.66. The molecule has 1 rings (SSSR count). The van der Waals surface area contributed by atoms with Crippen LogP contribution in [0.3, 0.4) is 0 Å². The summed E-state index contributed by atoms with van der Waals surface area (Å²) in [6.45, 7) is 9.49. The van der Waals surface area contributed by atoms with E-state index in [1.54, 1.807) is 0 Å². The Morgan fingerprint density at radius 1 is 1.56 bits per heavy atom. The lowest BCUT2D eigenvalue weighted by molar-refractivity contribution is 0.250. The lowest BCUT2D eigenvalue weighted by Crippen LogP contribution is -2.33. The van der Waals surface area contributed by atoms with E-state index in [-0.39, 0.29) is 0 Å². The van der Waals surface area contributed by atoms with Crippen LogP contribution in [0.4, 0.5) is 0 Å². The minimum Gasteiger partial charge on any atom is -0.373 e. The fraction of sp³-hybridized carbons (Fsp3) is 0.750. The van der Waals surface area contributed by atoms with Gasteiger partial charge in [0, 0.05) is 12.1 Å². The Balaban J connectivity index is 2.62. The highest BCUT2D eigenvalue weighted by molar-refractivity contribution is 4.92. The van der Waals surface area contributed by atoms with Crippen LogP contribution in [0.1, 0.15) is 26.7 Å². The van der Waals surface area contributed by atoms with Crippen LogP contribution in [0, 0.1) is 0 Å². The Bertz CT molecular complexity index is 116. The minimum atomic E-state index is 0.377. The van der Waals surface area contributed by atoms with Gasteiger partial charge in [0.1, 0.15) is 0 Å². The van der Waals surface area contributed by atoms with E-state index in [4.69, 9.17) is 0 Å². The molecule has 1 heterocycles. The van der Waals surface area contributed by atoms with Crippen molar-refractivity contribution in [3.8, 4) is 0 Å². The SMILES string of the molecule is C=CN1CCCC1(C)C. The first-order valence-electron chi connectivity index (χ1n) is 3.56. The predicted octanol–water partition coefficient (Wildman–Crippen LogP) is 2.00. The summed E-state index contributed by atoms with van der Waals surface area (Å²) in [5.74, 6) is 0. The molecule has 0 aromatic rings. The second-order valence-corrected chi connectivity index (χ2v) is 3.29. The molecule has 0 saturated carbocycles. The van der Waals surface area contributed by atoms with Crippen LogP contribution in [-0.4, -0.2) is 17.0 Å². The third-order valence-corrected chi connectivity index (χ3v) is 2.19. The number of rotatable bonds is 1. The molecule has 1 aliphatic heterocycles. The third kappa shape index (κ3) is 1.09. The van der Waals surface area contributed by atoms with Crippen LogP contribution >= 0.6 is 0 Å². The average molecular weight is 125 g/mol. The molecule has 1 heteroatoms. The molecule has 0 aliphatic carbocycles. The lowest BCUT2D eigenvalue weighted by Gasteiger charge is -2.29. The van der Waals surface area contributed by atoms with Crippen LogP contribution in [-0.2, 0) is 0 Å². The zero-order chi connectivity index (χ0) is 6.91. The summed E-state index contributed by atoms with van der Waals surface area (Å²) in [5.41, 5.74) is 0.377. The highest BCUT2D eigenvalue weighted by Crippen LogP contribution is 2.27. The van der Waals surface area contributed by atoms with E-state index in [0.717, 1.165) is 0 Å². The molecule has 1 saturated heterocycles. The van der Waals surface area contributed by atoms with E-state index in [9.17, 15) is 0 Å². The largest absolute Gasteiger partial charge is 0.373 e. The fourth-order valence-electron chi connectivity index (χ4n) is 1.47. The quantitative estimate of drug-likeness (QED) is 0.518. The van der Waals surface area contributed by atoms with Gasteiger partial charge in [-0.25, -0.2) is 0 Å². The average Bonchev–Trinajstić information content (AvgIpc) is 2.08. The Kier molecular flexibility index (Phi) is 1.52.